The summed E-state index contributed by atoms with van der Waals surface area (Å²) in [7, 11) is -14.5. The summed E-state index contributed by atoms with van der Waals surface area (Å²) < 4.78 is 40.5. The Labute approximate surface area is 200 Å². The number of hydrogen-bond acceptors (Lipinski definition) is 6. The summed E-state index contributed by atoms with van der Waals surface area (Å²) in [6.45, 7) is 16.4. The van der Waals surface area contributed by atoms with E-state index >= 15 is 0 Å². The van der Waals surface area contributed by atoms with E-state index in [0.717, 1.165) is 10.4 Å². The van der Waals surface area contributed by atoms with E-state index in [9.17, 15) is 0 Å². The second-order valence-electron chi connectivity index (χ2n) is 9.08. The normalized spacial score (nSPS) is 21.8. The van der Waals surface area contributed by atoms with E-state index in [1.807, 2.05) is 62.6 Å². The molecule has 0 N–H and O–H groups in total. The van der Waals surface area contributed by atoms with Crippen molar-refractivity contribution in [2.75, 3.05) is 0 Å². The fraction of sp³-hybridized carbons (Fsp3) is 0.400. The lowest BCUT2D eigenvalue weighted by Crippen LogP contribution is -2.76. The van der Waals surface area contributed by atoms with Crippen molar-refractivity contribution in [3.8, 4) is 0 Å². The lowest BCUT2D eigenvalue weighted by atomic mass is 10.4. The summed E-state index contributed by atoms with van der Waals surface area (Å²) in [5.41, 5.74) is 0. The maximum atomic E-state index is 7.08. The molecule has 2 aromatic rings. The van der Waals surface area contributed by atoms with Crippen LogP contribution in [0.4, 0.5) is 0 Å². The lowest BCUT2D eigenvalue weighted by molar-refractivity contribution is 0.114. The van der Waals surface area contributed by atoms with Crippen molar-refractivity contribution < 1.29 is 24.7 Å². The standard InChI is InChI=1S/C20H34O6Si6/c1-27(2)21-32(22-28(3)4)25-29(5,6)23-31(24-30(7,8)26-32,19-15-11-9-12-16-19)20-17-13-10-14-18-20/h9-18H,1-8H3. The lowest BCUT2D eigenvalue weighted by Gasteiger charge is -2.49. The molecule has 174 valence electrons. The molecule has 32 heavy (non-hydrogen) atoms. The SMILES string of the molecule is C[Si](C)O[Si]1(O[Si](C)C)O[Si](C)(C)O[Si](c2ccccc2)(c2ccccc2)O[Si](C)(C)O1. The van der Waals surface area contributed by atoms with Crippen molar-refractivity contribution in [1.29, 1.82) is 0 Å². The zero-order valence-electron chi connectivity index (χ0n) is 20.2. The molecule has 0 saturated carbocycles. The van der Waals surface area contributed by atoms with Gasteiger partial charge in [0.25, 0.3) is 0 Å². The summed E-state index contributed by atoms with van der Waals surface area (Å²) >= 11 is 0. The van der Waals surface area contributed by atoms with Crippen LogP contribution in [0, 0.1) is 0 Å². The third-order valence-electron chi connectivity index (χ3n) is 4.49. The van der Waals surface area contributed by atoms with Crippen molar-refractivity contribution in [1.82, 2.24) is 0 Å². The molecule has 0 aliphatic carbocycles. The van der Waals surface area contributed by atoms with Gasteiger partial charge in [-0.3, -0.25) is 0 Å². The van der Waals surface area contributed by atoms with Crippen molar-refractivity contribution in [2.24, 2.45) is 0 Å². The first kappa shape index (κ1) is 26.1. The molecule has 6 nitrogen and oxygen atoms in total. The summed E-state index contributed by atoms with van der Waals surface area (Å²) in [5, 5.41) is 2.09. The highest BCUT2D eigenvalue weighted by atomic mass is 28.6. The van der Waals surface area contributed by atoms with E-state index in [1.165, 1.54) is 0 Å². The average Bonchev–Trinajstić information content (AvgIpc) is 2.65. The maximum absolute atomic E-state index is 7.08. The number of benzene rings is 2. The van der Waals surface area contributed by atoms with Gasteiger partial charge in [-0.25, -0.2) is 0 Å². The molecule has 12 heteroatoms. The van der Waals surface area contributed by atoms with Gasteiger partial charge in [0.1, 0.15) is 0 Å². The maximum Gasteiger partial charge on any atom is 0.640 e. The van der Waals surface area contributed by atoms with E-state index in [4.69, 9.17) is 24.7 Å². The molecule has 0 atom stereocenters. The second kappa shape index (κ2) is 10.0. The van der Waals surface area contributed by atoms with Crippen LogP contribution in [0.1, 0.15) is 0 Å². The van der Waals surface area contributed by atoms with E-state index in [-0.39, 0.29) is 0 Å². The zero-order valence-corrected chi connectivity index (χ0v) is 26.2. The fourth-order valence-electron chi connectivity index (χ4n) is 3.70. The Bertz CT molecular complexity index is 807. The van der Waals surface area contributed by atoms with E-state index in [2.05, 4.69) is 50.5 Å². The van der Waals surface area contributed by atoms with Crippen LogP contribution < -0.4 is 10.4 Å². The van der Waals surface area contributed by atoms with Crippen molar-refractivity contribution in [3.63, 3.8) is 0 Å². The van der Waals surface area contributed by atoms with Crippen LogP contribution in [-0.4, -0.2) is 52.8 Å². The summed E-state index contributed by atoms with van der Waals surface area (Å²) in [5.74, 6) is 0. The van der Waals surface area contributed by atoms with Crippen LogP contribution in [-0.2, 0) is 24.7 Å². The molecule has 2 aromatic carbocycles. The predicted octanol–water partition coefficient (Wildman–Crippen LogP) is 3.70. The van der Waals surface area contributed by atoms with Crippen LogP contribution in [0.15, 0.2) is 60.7 Å². The van der Waals surface area contributed by atoms with Gasteiger partial charge in [0.05, 0.1) is 0 Å². The van der Waals surface area contributed by atoms with Crippen molar-refractivity contribution >= 4 is 63.2 Å². The minimum Gasteiger partial charge on any atom is -0.409 e. The number of rotatable bonds is 6. The first-order valence-corrected chi connectivity index (χ1v) is 24.7. The molecule has 3 rings (SSSR count). The Hall–Kier alpha value is -0.499. The highest BCUT2D eigenvalue weighted by Gasteiger charge is 2.62. The van der Waals surface area contributed by atoms with Gasteiger partial charge >= 0.3 is 34.7 Å². The molecule has 1 heterocycles. The molecule has 0 amide bonds. The Morgan fingerprint density at radius 2 is 0.906 bits per heavy atom. The number of hydrogen-bond donors (Lipinski definition) is 0. The van der Waals surface area contributed by atoms with Crippen LogP contribution in [0.25, 0.3) is 0 Å². The Morgan fingerprint density at radius 3 is 1.22 bits per heavy atom. The zero-order chi connectivity index (χ0) is 23.6. The molecule has 1 fully saturated rings. The molecule has 0 aromatic heterocycles. The van der Waals surface area contributed by atoms with Gasteiger partial charge in [0.2, 0.25) is 0 Å². The van der Waals surface area contributed by atoms with Crippen molar-refractivity contribution in [2.45, 2.75) is 52.4 Å². The minimum atomic E-state index is -3.44. The molecular weight excluding hydrogens is 505 g/mol. The first-order chi connectivity index (χ1) is 14.9. The topological polar surface area (TPSA) is 55.4 Å². The summed E-state index contributed by atoms with van der Waals surface area (Å²) in [4.78, 5) is 0. The van der Waals surface area contributed by atoms with E-state index < -0.39 is 52.8 Å². The second-order valence-corrected chi connectivity index (χ2v) is 26.6. The summed E-state index contributed by atoms with van der Waals surface area (Å²) in [6, 6.07) is 20.5. The monoisotopic (exact) mass is 538 g/mol. The quantitative estimate of drug-likeness (QED) is 0.523. The highest BCUT2D eigenvalue weighted by Crippen LogP contribution is 2.32. The molecule has 1 aliphatic heterocycles. The third-order valence-corrected chi connectivity index (χ3v) is 24.1. The van der Waals surface area contributed by atoms with E-state index in [1.54, 1.807) is 0 Å². The van der Waals surface area contributed by atoms with Crippen LogP contribution in [0.3, 0.4) is 0 Å². The molecular formula is C20H34O6Si6. The van der Waals surface area contributed by atoms with Gasteiger partial charge in [-0.05, 0) is 62.7 Å². The molecule has 0 spiro atoms. The average molecular weight is 539 g/mol. The van der Waals surface area contributed by atoms with E-state index in [0.29, 0.717) is 0 Å². The van der Waals surface area contributed by atoms with Crippen LogP contribution in [0.2, 0.25) is 52.4 Å². The van der Waals surface area contributed by atoms with Crippen LogP contribution >= 0.6 is 0 Å². The molecule has 1 saturated heterocycles. The van der Waals surface area contributed by atoms with Crippen molar-refractivity contribution in [3.05, 3.63) is 60.7 Å². The third kappa shape index (κ3) is 6.34. The van der Waals surface area contributed by atoms with Gasteiger partial charge in [0, 0.05) is 0 Å². The fourth-order valence-corrected chi connectivity index (χ4v) is 26.4. The van der Waals surface area contributed by atoms with Gasteiger partial charge in [0.15, 0.2) is 18.1 Å². The molecule has 1 aliphatic rings. The Balaban J connectivity index is 2.17. The van der Waals surface area contributed by atoms with Gasteiger partial charge < -0.3 is 24.7 Å². The predicted molar refractivity (Wildman–Crippen MR) is 140 cm³/mol. The first-order valence-electron chi connectivity index (χ1n) is 10.8. The minimum absolute atomic E-state index is 1.04. The smallest absolute Gasteiger partial charge is 0.409 e. The summed E-state index contributed by atoms with van der Waals surface area (Å²) in [6.07, 6.45) is 0. The van der Waals surface area contributed by atoms with Gasteiger partial charge in [-0.2, -0.15) is 0 Å². The Morgan fingerprint density at radius 1 is 0.562 bits per heavy atom. The van der Waals surface area contributed by atoms with Gasteiger partial charge in [-0.15, -0.1) is 0 Å². The molecule has 0 bridgehead atoms. The van der Waals surface area contributed by atoms with Gasteiger partial charge in [-0.1, -0.05) is 60.7 Å². The molecule has 0 unspecified atom stereocenters. The van der Waals surface area contributed by atoms with Crippen LogP contribution in [0.5, 0.6) is 0 Å². The molecule has 2 radical (unpaired) electrons. The highest BCUT2D eigenvalue weighted by molar-refractivity contribution is 7.03. The Kier molecular flexibility index (Phi) is 8.17. The largest absolute Gasteiger partial charge is 0.640 e.